The molecule has 4 N–H and O–H groups in total. The van der Waals surface area contributed by atoms with Crippen LogP contribution in [0.4, 0.5) is 0 Å². The zero-order chi connectivity index (χ0) is 40.0. The van der Waals surface area contributed by atoms with Crippen LogP contribution < -0.4 is 35.5 Å². The van der Waals surface area contributed by atoms with Gasteiger partial charge in [-0.1, -0.05) is 30.3 Å². The molecule has 4 bridgehead atoms. The quantitative estimate of drug-likeness (QED) is 0.212. The number of carbonyl (C=O) groups excluding carboxylic acids is 5. The van der Waals surface area contributed by atoms with Gasteiger partial charge >= 0.3 is 0 Å². The number of fused-ring (bicyclic) bond motifs is 18. The number of hydrogen-bond acceptors (Lipinski definition) is 10. The third-order valence-corrected chi connectivity index (χ3v) is 9.10. The first-order valence-electron chi connectivity index (χ1n) is 18.3. The molecule has 2 aliphatic heterocycles. The van der Waals surface area contributed by atoms with Crippen LogP contribution in [-0.4, -0.2) is 90.3 Å². The number of carbonyl (C=O) groups is 5. The molecule has 5 amide bonds. The van der Waals surface area contributed by atoms with Crippen molar-refractivity contribution in [3.63, 3.8) is 0 Å². The molecular weight excluding hydrogens is 718 g/mol. The van der Waals surface area contributed by atoms with Gasteiger partial charge in [0.1, 0.15) is 29.3 Å². The predicted molar refractivity (Wildman–Crippen MR) is 206 cm³/mol. The Kier molecular flexibility index (Phi) is 14.3. The number of aryl methyl sites for hydroxylation is 2. The van der Waals surface area contributed by atoms with E-state index < -0.39 is 35.7 Å². The molecule has 0 aliphatic carbocycles. The molecule has 0 spiro atoms. The number of methoxy groups -OCH3 is 2. The fraction of sp³-hybridized carbons (Fsp3) is 0.341. The van der Waals surface area contributed by atoms with Gasteiger partial charge in [-0.05, 0) is 75.4 Å². The second-order valence-corrected chi connectivity index (χ2v) is 13.3. The average molecular weight is 766 g/mol. The highest BCUT2D eigenvalue weighted by molar-refractivity contribution is 5.96. The van der Waals surface area contributed by atoms with E-state index in [1.807, 2.05) is 30.3 Å². The summed E-state index contributed by atoms with van der Waals surface area (Å²) in [5, 5.41) is 11.3. The van der Waals surface area contributed by atoms with Crippen molar-refractivity contribution in [3.05, 3.63) is 107 Å². The minimum atomic E-state index is -1.03. The van der Waals surface area contributed by atoms with Crippen LogP contribution in [0.5, 0.6) is 23.0 Å². The number of benzene rings is 3. The van der Waals surface area contributed by atoms with Crippen molar-refractivity contribution < 1.29 is 38.2 Å². The van der Waals surface area contributed by atoms with Gasteiger partial charge in [0.05, 0.1) is 32.7 Å². The molecule has 15 heteroatoms. The average Bonchev–Trinajstić information content (AvgIpc) is 3.20. The van der Waals surface area contributed by atoms with Crippen LogP contribution in [0.1, 0.15) is 63.9 Å². The third kappa shape index (κ3) is 11.3. The topological polar surface area (TPSA) is 190 Å². The van der Waals surface area contributed by atoms with Gasteiger partial charge in [0.25, 0.3) is 11.8 Å². The molecule has 0 saturated heterocycles. The third-order valence-electron chi connectivity index (χ3n) is 9.10. The minimum absolute atomic E-state index is 0.0594. The molecule has 3 heterocycles. The standard InChI is InChI=1S/C41H47N7O8/c1-26-22-44-33(24-43-26)41(53)48-19-9-8-18-42-39(51)29-14-17-34(54-3)36(20-29)56-31-15-13-30(35(21-31)55-4)23-45-38(50)27(2)46-40(52)32(47-37(49)25-48)16-12-28-10-6-5-7-11-28/h5-7,10-11,13-15,17,20-22,24,27,32H,8-9,12,16,18-19,23,25H2,1-4H3,(H,42,51)(H,45,50)(H,46,52)(H,47,49)/t27-,32-/m0/s1. The lowest BCUT2D eigenvalue weighted by Gasteiger charge is -2.25. The Morgan fingerprint density at radius 1 is 0.875 bits per heavy atom. The van der Waals surface area contributed by atoms with Gasteiger partial charge in [0.15, 0.2) is 11.5 Å². The first-order valence-corrected chi connectivity index (χ1v) is 18.3. The van der Waals surface area contributed by atoms with E-state index in [9.17, 15) is 24.0 Å². The molecule has 294 valence electrons. The first kappa shape index (κ1) is 40.7. The Morgan fingerprint density at radius 2 is 1.66 bits per heavy atom. The van der Waals surface area contributed by atoms with Crippen molar-refractivity contribution in [2.24, 2.45) is 0 Å². The molecule has 0 radical (unpaired) electrons. The van der Waals surface area contributed by atoms with E-state index in [1.165, 1.54) is 31.5 Å². The number of amides is 5. The van der Waals surface area contributed by atoms with Crippen molar-refractivity contribution in [2.45, 2.75) is 58.2 Å². The van der Waals surface area contributed by atoms with Crippen LogP contribution in [0.3, 0.4) is 0 Å². The molecule has 1 aromatic heterocycles. The number of nitrogens with zero attached hydrogens (tertiary/aromatic N) is 3. The second-order valence-electron chi connectivity index (χ2n) is 13.3. The van der Waals surface area contributed by atoms with Gasteiger partial charge in [-0.15, -0.1) is 0 Å². The summed E-state index contributed by atoms with van der Waals surface area (Å²) in [5.41, 5.74) is 2.62. The summed E-state index contributed by atoms with van der Waals surface area (Å²) in [6.07, 6.45) is 4.41. The lowest BCUT2D eigenvalue weighted by Crippen LogP contribution is -2.54. The Hall–Kier alpha value is -6.51. The molecule has 2 atom stereocenters. The smallest absolute Gasteiger partial charge is 0.274 e. The van der Waals surface area contributed by atoms with Crippen molar-refractivity contribution in [3.8, 4) is 23.0 Å². The maximum Gasteiger partial charge on any atom is 0.274 e. The van der Waals surface area contributed by atoms with E-state index in [4.69, 9.17) is 14.2 Å². The maximum atomic E-state index is 13.7. The number of hydrogen-bond donors (Lipinski definition) is 4. The van der Waals surface area contributed by atoms with Gasteiger partial charge in [-0.25, -0.2) is 4.98 Å². The van der Waals surface area contributed by atoms with Gasteiger partial charge in [-0.3, -0.25) is 29.0 Å². The molecule has 6 rings (SSSR count). The first-order chi connectivity index (χ1) is 27.0. The van der Waals surface area contributed by atoms with E-state index in [0.29, 0.717) is 59.1 Å². The largest absolute Gasteiger partial charge is 0.496 e. The lowest BCUT2D eigenvalue weighted by atomic mass is 10.0. The Labute approximate surface area is 325 Å². The summed E-state index contributed by atoms with van der Waals surface area (Å²) >= 11 is 0. The van der Waals surface area contributed by atoms with Crippen LogP contribution in [0.2, 0.25) is 0 Å². The lowest BCUT2D eigenvalue weighted by molar-refractivity contribution is -0.132. The molecular formula is C41H47N7O8. The summed E-state index contributed by atoms with van der Waals surface area (Å²) < 4.78 is 17.2. The van der Waals surface area contributed by atoms with E-state index in [2.05, 4.69) is 31.2 Å². The minimum Gasteiger partial charge on any atom is -0.496 e. The Morgan fingerprint density at radius 3 is 2.39 bits per heavy atom. The highest BCUT2D eigenvalue weighted by Crippen LogP contribution is 2.35. The molecule has 0 unspecified atom stereocenters. The van der Waals surface area contributed by atoms with Crippen LogP contribution >= 0.6 is 0 Å². The van der Waals surface area contributed by atoms with Crippen molar-refractivity contribution in [1.82, 2.24) is 36.1 Å². The van der Waals surface area contributed by atoms with E-state index in [-0.39, 0.29) is 44.2 Å². The zero-order valence-electron chi connectivity index (χ0n) is 31.9. The highest BCUT2D eigenvalue weighted by Gasteiger charge is 2.27. The number of aromatic nitrogens is 2. The van der Waals surface area contributed by atoms with Crippen molar-refractivity contribution in [2.75, 3.05) is 33.9 Å². The molecule has 0 saturated carbocycles. The maximum absolute atomic E-state index is 13.7. The normalized spacial score (nSPS) is 17.5. The van der Waals surface area contributed by atoms with Crippen molar-refractivity contribution in [1.29, 1.82) is 0 Å². The Balaban J connectivity index is 1.41. The SMILES string of the molecule is COc1cc2ccc1CNC(=O)[C@H](C)NC(=O)[C@H](CCc1ccccc1)NC(=O)CN(C(=O)c1cnc(C)cn1)CCCCNC(=O)c1ccc(OC)c(c1)O2. The molecule has 2 aliphatic rings. The fourth-order valence-electron chi connectivity index (χ4n) is 5.96. The van der Waals surface area contributed by atoms with Crippen LogP contribution in [0.15, 0.2) is 79.1 Å². The fourth-order valence-corrected chi connectivity index (χ4v) is 5.96. The monoisotopic (exact) mass is 765 g/mol. The van der Waals surface area contributed by atoms with Gasteiger partial charge in [0.2, 0.25) is 17.7 Å². The summed E-state index contributed by atoms with van der Waals surface area (Å²) in [6.45, 7) is 3.43. The molecule has 15 nitrogen and oxygen atoms in total. The van der Waals surface area contributed by atoms with E-state index in [0.717, 1.165) is 5.56 Å². The summed E-state index contributed by atoms with van der Waals surface area (Å²) in [6, 6.07) is 17.4. The van der Waals surface area contributed by atoms with Crippen LogP contribution in [-0.2, 0) is 27.3 Å². The summed E-state index contributed by atoms with van der Waals surface area (Å²) in [4.78, 5) is 77.1. The van der Waals surface area contributed by atoms with E-state index in [1.54, 1.807) is 50.2 Å². The summed E-state index contributed by atoms with van der Waals surface area (Å²) in [5.74, 6) is -0.915. The number of nitrogens with one attached hydrogen (secondary N) is 4. The van der Waals surface area contributed by atoms with Crippen molar-refractivity contribution >= 4 is 29.5 Å². The van der Waals surface area contributed by atoms with Gasteiger partial charge < -0.3 is 40.4 Å². The summed E-state index contributed by atoms with van der Waals surface area (Å²) in [7, 11) is 2.98. The number of ether oxygens (including phenoxy) is 3. The highest BCUT2D eigenvalue weighted by atomic mass is 16.5. The molecule has 3 aromatic carbocycles. The second kappa shape index (κ2) is 19.7. The van der Waals surface area contributed by atoms with Crippen LogP contribution in [0, 0.1) is 6.92 Å². The van der Waals surface area contributed by atoms with E-state index >= 15 is 0 Å². The molecule has 0 fully saturated rings. The Bertz CT molecular complexity index is 2010. The number of rotatable bonds is 6. The van der Waals surface area contributed by atoms with Crippen LogP contribution in [0.25, 0.3) is 0 Å². The zero-order valence-corrected chi connectivity index (χ0v) is 31.9. The molecule has 4 aromatic rings. The van der Waals surface area contributed by atoms with Gasteiger partial charge in [0, 0.05) is 43.0 Å². The molecule has 56 heavy (non-hydrogen) atoms. The van der Waals surface area contributed by atoms with Gasteiger partial charge in [-0.2, -0.15) is 0 Å². The predicted octanol–water partition coefficient (Wildman–Crippen LogP) is 3.50.